The Morgan fingerprint density at radius 2 is 2.12 bits per heavy atom. The van der Waals surface area contributed by atoms with Crippen molar-refractivity contribution in [2.45, 2.75) is 13.1 Å². The van der Waals surface area contributed by atoms with Gasteiger partial charge in [-0.15, -0.1) is 0 Å². The first-order chi connectivity index (χ1) is 7.49. The Morgan fingerprint density at radius 1 is 1.44 bits per heavy atom. The summed E-state index contributed by atoms with van der Waals surface area (Å²) in [5.41, 5.74) is 4.41. The van der Waals surface area contributed by atoms with Crippen molar-refractivity contribution >= 4 is 5.95 Å². The van der Waals surface area contributed by atoms with Crippen LogP contribution in [-0.2, 0) is 6.18 Å². The SMILES string of the molecule is CCN(CCN)c1nccc(C(F)(F)F)n1. The normalized spacial score (nSPS) is 11.6. The third-order valence-electron chi connectivity index (χ3n) is 2.00. The molecule has 0 radical (unpaired) electrons. The van der Waals surface area contributed by atoms with Gasteiger partial charge < -0.3 is 10.6 Å². The second-order valence-electron chi connectivity index (χ2n) is 3.11. The molecule has 90 valence electrons. The van der Waals surface area contributed by atoms with E-state index in [4.69, 9.17) is 5.73 Å². The molecule has 0 saturated carbocycles. The lowest BCUT2D eigenvalue weighted by Crippen LogP contribution is -2.31. The molecule has 2 N–H and O–H groups in total. The Kier molecular flexibility index (Phi) is 4.05. The van der Waals surface area contributed by atoms with Gasteiger partial charge in [0.05, 0.1) is 0 Å². The predicted molar refractivity (Wildman–Crippen MR) is 54.0 cm³/mol. The molecule has 0 spiro atoms. The first-order valence-electron chi connectivity index (χ1n) is 4.84. The minimum absolute atomic E-state index is 0.0581. The molecule has 1 heterocycles. The van der Waals surface area contributed by atoms with Crippen LogP contribution in [0.15, 0.2) is 12.3 Å². The molecule has 7 heteroatoms. The number of aromatic nitrogens is 2. The number of anilines is 1. The van der Waals surface area contributed by atoms with Crippen molar-refractivity contribution < 1.29 is 13.2 Å². The van der Waals surface area contributed by atoms with Crippen LogP contribution in [0.3, 0.4) is 0 Å². The summed E-state index contributed by atoms with van der Waals surface area (Å²) in [6, 6.07) is 0.847. The quantitative estimate of drug-likeness (QED) is 0.852. The van der Waals surface area contributed by atoms with E-state index < -0.39 is 11.9 Å². The largest absolute Gasteiger partial charge is 0.433 e. The Labute approximate surface area is 91.3 Å². The topological polar surface area (TPSA) is 55.0 Å². The van der Waals surface area contributed by atoms with Gasteiger partial charge >= 0.3 is 6.18 Å². The van der Waals surface area contributed by atoms with Crippen molar-refractivity contribution in [2.75, 3.05) is 24.5 Å². The Balaban J connectivity index is 2.97. The van der Waals surface area contributed by atoms with Gasteiger partial charge in [-0.05, 0) is 13.0 Å². The fraction of sp³-hybridized carbons (Fsp3) is 0.556. The highest BCUT2D eigenvalue weighted by molar-refractivity contribution is 5.30. The van der Waals surface area contributed by atoms with E-state index in [1.807, 2.05) is 0 Å². The maximum absolute atomic E-state index is 12.4. The zero-order valence-electron chi connectivity index (χ0n) is 8.83. The Morgan fingerprint density at radius 3 is 2.62 bits per heavy atom. The average Bonchev–Trinajstić information content (AvgIpc) is 2.25. The monoisotopic (exact) mass is 234 g/mol. The molecule has 0 aliphatic rings. The summed E-state index contributed by atoms with van der Waals surface area (Å²) in [5, 5.41) is 0. The molecule has 4 nitrogen and oxygen atoms in total. The minimum Gasteiger partial charge on any atom is -0.340 e. The summed E-state index contributed by atoms with van der Waals surface area (Å²) in [4.78, 5) is 8.86. The number of rotatable bonds is 4. The number of hydrogen-bond donors (Lipinski definition) is 1. The van der Waals surface area contributed by atoms with Crippen LogP contribution in [0.4, 0.5) is 19.1 Å². The number of nitrogens with two attached hydrogens (primary N) is 1. The van der Waals surface area contributed by atoms with Crippen LogP contribution < -0.4 is 10.6 Å². The summed E-state index contributed by atoms with van der Waals surface area (Å²) in [7, 11) is 0. The van der Waals surface area contributed by atoms with Crippen molar-refractivity contribution in [1.29, 1.82) is 0 Å². The highest BCUT2D eigenvalue weighted by Crippen LogP contribution is 2.27. The van der Waals surface area contributed by atoms with E-state index in [2.05, 4.69) is 9.97 Å². The summed E-state index contributed by atoms with van der Waals surface area (Å²) in [6.07, 6.45) is -3.34. The molecule has 0 aliphatic heterocycles. The van der Waals surface area contributed by atoms with E-state index in [0.717, 1.165) is 12.3 Å². The van der Waals surface area contributed by atoms with Gasteiger partial charge in [-0.25, -0.2) is 9.97 Å². The number of hydrogen-bond acceptors (Lipinski definition) is 4. The number of halogens is 3. The average molecular weight is 234 g/mol. The van der Waals surface area contributed by atoms with Gasteiger partial charge in [0, 0.05) is 25.8 Å². The molecular weight excluding hydrogens is 221 g/mol. The molecule has 16 heavy (non-hydrogen) atoms. The molecule has 0 amide bonds. The highest BCUT2D eigenvalue weighted by Gasteiger charge is 2.33. The molecule has 0 atom stereocenters. The van der Waals surface area contributed by atoms with Gasteiger partial charge in [0.15, 0.2) is 0 Å². The summed E-state index contributed by atoms with van der Waals surface area (Å²) < 4.78 is 37.2. The van der Waals surface area contributed by atoms with E-state index >= 15 is 0 Å². The standard InChI is InChI=1S/C9H13F3N4/c1-2-16(6-4-13)8-14-5-3-7(15-8)9(10,11)12/h3,5H,2,4,6,13H2,1H3. The smallest absolute Gasteiger partial charge is 0.340 e. The zero-order chi connectivity index (χ0) is 12.2. The molecule has 1 rings (SSSR count). The van der Waals surface area contributed by atoms with E-state index in [9.17, 15) is 13.2 Å². The van der Waals surface area contributed by atoms with Crippen LogP contribution >= 0.6 is 0 Å². The maximum atomic E-state index is 12.4. The van der Waals surface area contributed by atoms with Crippen LogP contribution in [0.2, 0.25) is 0 Å². The number of nitrogens with zero attached hydrogens (tertiary/aromatic N) is 3. The molecule has 0 unspecified atom stereocenters. The first kappa shape index (κ1) is 12.7. The highest BCUT2D eigenvalue weighted by atomic mass is 19.4. The molecular formula is C9H13F3N4. The van der Waals surface area contributed by atoms with Gasteiger partial charge in [0.25, 0.3) is 0 Å². The Bertz CT molecular complexity index is 340. The van der Waals surface area contributed by atoms with Crippen LogP contribution in [-0.4, -0.2) is 29.6 Å². The van der Waals surface area contributed by atoms with Gasteiger partial charge in [-0.2, -0.15) is 13.2 Å². The molecule has 1 aromatic heterocycles. The molecule has 0 bridgehead atoms. The minimum atomic E-state index is -4.44. The van der Waals surface area contributed by atoms with Crippen LogP contribution in [0.1, 0.15) is 12.6 Å². The molecule has 0 saturated heterocycles. The van der Waals surface area contributed by atoms with Gasteiger partial charge in [-0.3, -0.25) is 0 Å². The van der Waals surface area contributed by atoms with Crippen molar-refractivity contribution in [3.63, 3.8) is 0 Å². The van der Waals surface area contributed by atoms with Crippen molar-refractivity contribution in [3.8, 4) is 0 Å². The summed E-state index contributed by atoms with van der Waals surface area (Å²) >= 11 is 0. The lowest BCUT2D eigenvalue weighted by atomic mass is 10.4. The molecule has 0 aliphatic carbocycles. The number of alkyl halides is 3. The fourth-order valence-electron chi connectivity index (χ4n) is 1.21. The second-order valence-corrected chi connectivity index (χ2v) is 3.11. The summed E-state index contributed by atoms with van der Waals surface area (Å²) in [5.74, 6) is 0.0581. The van der Waals surface area contributed by atoms with E-state index in [1.54, 1.807) is 11.8 Å². The lowest BCUT2D eigenvalue weighted by molar-refractivity contribution is -0.141. The van der Waals surface area contributed by atoms with Crippen molar-refractivity contribution in [3.05, 3.63) is 18.0 Å². The molecule has 1 aromatic rings. The number of likely N-dealkylation sites (N-methyl/N-ethyl adjacent to an activating group) is 1. The fourth-order valence-corrected chi connectivity index (χ4v) is 1.21. The van der Waals surface area contributed by atoms with Crippen LogP contribution in [0.5, 0.6) is 0 Å². The van der Waals surface area contributed by atoms with E-state index in [-0.39, 0.29) is 5.95 Å². The predicted octanol–water partition coefficient (Wildman–Crippen LogP) is 1.28. The second kappa shape index (κ2) is 5.11. The lowest BCUT2D eigenvalue weighted by Gasteiger charge is -2.20. The molecule has 0 fully saturated rings. The summed E-state index contributed by atoms with van der Waals surface area (Å²) in [6.45, 7) is 3.09. The van der Waals surface area contributed by atoms with Crippen molar-refractivity contribution in [2.24, 2.45) is 5.73 Å². The third-order valence-corrected chi connectivity index (χ3v) is 2.00. The maximum Gasteiger partial charge on any atom is 0.433 e. The Hall–Kier alpha value is -1.37. The van der Waals surface area contributed by atoms with Crippen LogP contribution in [0, 0.1) is 0 Å². The van der Waals surface area contributed by atoms with Crippen molar-refractivity contribution in [1.82, 2.24) is 9.97 Å². The van der Waals surface area contributed by atoms with Gasteiger partial charge in [0.2, 0.25) is 5.95 Å². The van der Waals surface area contributed by atoms with E-state index in [0.29, 0.717) is 19.6 Å². The van der Waals surface area contributed by atoms with Gasteiger partial charge in [0.1, 0.15) is 5.69 Å². The zero-order valence-corrected chi connectivity index (χ0v) is 8.83. The van der Waals surface area contributed by atoms with Gasteiger partial charge in [-0.1, -0.05) is 0 Å². The first-order valence-corrected chi connectivity index (χ1v) is 4.84. The third kappa shape index (κ3) is 3.06. The van der Waals surface area contributed by atoms with E-state index in [1.165, 1.54) is 0 Å². The van der Waals surface area contributed by atoms with Crippen LogP contribution in [0.25, 0.3) is 0 Å². The molecule has 0 aromatic carbocycles.